The molecule has 4 amide bonds. The monoisotopic (exact) mass is 580 g/mol. The molecule has 0 fully saturated rings. The number of alkyl carbamates (subject to hydrolysis) is 1. The molecular weight excluding hydrogens is 540 g/mol. The van der Waals surface area contributed by atoms with Crippen LogP contribution in [0.1, 0.15) is 65.5 Å². The van der Waals surface area contributed by atoms with Gasteiger partial charge in [0.25, 0.3) is 0 Å². The second-order valence-electron chi connectivity index (χ2n) is 11.4. The zero-order chi connectivity index (χ0) is 31.2. The molecule has 2 aromatic rings. The fourth-order valence-electron chi connectivity index (χ4n) is 4.48. The van der Waals surface area contributed by atoms with E-state index >= 15 is 0 Å². The van der Waals surface area contributed by atoms with E-state index in [0.29, 0.717) is 0 Å². The van der Waals surface area contributed by atoms with E-state index in [0.717, 1.165) is 22.3 Å². The highest BCUT2D eigenvalue weighted by atomic mass is 16.6. The average molecular weight is 581 g/mol. The van der Waals surface area contributed by atoms with Gasteiger partial charge in [0.05, 0.1) is 0 Å². The highest BCUT2D eigenvalue weighted by molar-refractivity contribution is 5.94. The maximum atomic E-state index is 12.6. The highest BCUT2D eigenvalue weighted by Gasteiger charge is 2.30. The van der Waals surface area contributed by atoms with Crippen molar-refractivity contribution >= 4 is 29.8 Å². The largest absolute Gasteiger partial charge is 0.458 e. The normalized spacial score (nSPS) is 15.1. The topological polar surface area (TPSA) is 152 Å². The maximum absolute atomic E-state index is 12.6. The lowest BCUT2D eigenvalue weighted by molar-refractivity contribution is -0.158. The number of hydrogen-bond donors (Lipinski definition) is 4. The Morgan fingerprint density at radius 1 is 0.667 bits per heavy atom. The minimum absolute atomic E-state index is 0.0967. The molecule has 3 rings (SSSR count). The minimum atomic E-state index is -1.01. The number of ether oxygens (including phenoxy) is 2. The Hall–Kier alpha value is -4.41. The Balaban J connectivity index is 1.44. The summed E-state index contributed by atoms with van der Waals surface area (Å²) in [6, 6.07) is 12.0. The number of rotatable bonds is 10. The number of amides is 4. The van der Waals surface area contributed by atoms with Crippen molar-refractivity contribution in [3.63, 3.8) is 0 Å². The summed E-state index contributed by atoms with van der Waals surface area (Å²) in [6.07, 6.45) is -0.763. The van der Waals surface area contributed by atoms with Crippen LogP contribution in [0, 0.1) is 0 Å². The molecule has 0 bridgehead atoms. The molecule has 0 unspecified atom stereocenters. The van der Waals surface area contributed by atoms with Crippen molar-refractivity contribution in [1.29, 1.82) is 0 Å². The Bertz CT molecular complexity index is 1290. The number of carbonyl (C=O) groups excluding carboxylic acids is 5. The smallest absolute Gasteiger partial charge is 0.407 e. The van der Waals surface area contributed by atoms with Gasteiger partial charge in [-0.2, -0.15) is 0 Å². The molecule has 42 heavy (non-hydrogen) atoms. The van der Waals surface area contributed by atoms with Crippen molar-refractivity contribution < 1.29 is 33.4 Å². The van der Waals surface area contributed by atoms with E-state index < -0.39 is 59.6 Å². The van der Waals surface area contributed by atoms with E-state index in [1.54, 1.807) is 20.8 Å². The van der Waals surface area contributed by atoms with Crippen molar-refractivity contribution in [2.75, 3.05) is 6.61 Å². The molecule has 0 saturated heterocycles. The lowest BCUT2D eigenvalue weighted by Crippen LogP contribution is -2.55. The van der Waals surface area contributed by atoms with Crippen LogP contribution < -0.4 is 21.3 Å². The Morgan fingerprint density at radius 2 is 1.07 bits per heavy atom. The number of hydrogen-bond acceptors (Lipinski definition) is 7. The summed E-state index contributed by atoms with van der Waals surface area (Å²) in [7, 11) is 0. The zero-order valence-corrected chi connectivity index (χ0v) is 25.1. The molecule has 4 N–H and O–H groups in total. The molecule has 11 heteroatoms. The average Bonchev–Trinajstić information content (AvgIpc) is 3.24. The molecule has 0 aliphatic heterocycles. The molecule has 11 nitrogen and oxygen atoms in total. The summed E-state index contributed by atoms with van der Waals surface area (Å²) < 4.78 is 10.7. The fourth-order valence-corrected chi connectivity index (χ4v) is 4.48. The van der Waals surface area contributed by atoms with Gasteiger partial charge in [-0.25, -0.2) is 9.59 Å². The Kier molecular flexibility index (Phi) is 10.3. The van der Waals surface area contributed by atoms with Crippen LogP contribution in [0.2, 0.25) is 0 Å². The first-order valence-corrected chi connectivity index (χ1v) is 13.9. The number of carbonyl (C=O) groups is 5. The maximum Gasteiger partial charge on any atom is 0.407 e. The number of esters is 1. The third-order valence-corrected chi connectivity index (χ3v) is 6.69. The minimum Gasteiger partial charge on any atom is -0.458 e. The first kappa shape index (κ1) is 32.1. The molecule has 0 radical (unpaired) electrons. The van der Waals surface area contributed by atoms with Crippen molar-refractivity contribution in [2.45, 2.75) is 84.2 Å². The molecule has 1 aliphatic rings. The van der Waals surface area contributed by atoms with E-state index in [2.05, 4.69) is 21.3 Å². The van der Waals surface area contributed by atoms with Crippen LogP contribution in [-0.2, 0) is 28.7 Å². The summed E-state index contributed by atoms with van der Waals surface area (Å²) in [4.78, 5) is 62.3. The molecule has 0 aromatic heterocycles. The summed E-state index contributed by atoms with van der Waals surface area (Å²) in [5.41, 5.74) is 3.64. The number of benzene rings is 2. The fraction of sp³-hybridized carbons (Fsp3) is 0.452. The lowest BCUT2D eigenvalue weighted by atomic mass is 9.98. The first-order valence-electron chi connectivity index (χ1n) is 13.9. The molecule has 4 atom stereocenters. The van der Waals surface area contributed by atoms with Crippen LogP contribution >= 0.6 is 0 Å². The predicted molar refractivity (Wildman–Crippen MR) is 156 cm³/mol. The molecule has 1 aliphatic carbocycles. The van der Waals surface area contributed by atoms with Crippen molar-refractivity contribution in [3.8, 4) is 11.1 Å². The van der Waals surface area contributed by atoms with Gasteiger partial charge in [0.1, 0.15) is 36.4 Å². The standard InChI is InChI=1S/C31H40N4O7/c1-17(26(36)32-18(2)27(37)34-20(4)29(39)42-31(5,6)7)33-28(38)19(3)35-30(40)41-16-25-23-14-10-8-12-21(23)22-13-9-11-15-24(22)25/h8-15,17-20,25H,16H2,1-7H3,(H,32,36)(H,33,38)(H,34,37)(H,35,40)/t17-,18-,19-,20-/m0/s1. The summed E-state index contributed by atoms with van der Waals surface area (Å²) in [5, 5.41) is 9.99. The van der Waals surface area contributed by atoms with Crippen LogP contribution in [0.15, 0.2) is 48.5 Å². The number of fused-ring (bicyclic) bond motifs is 3. The van der Waals surface area contributed by atoms with Crippen molar-refractivity contribution in [2.24, 2.45) is 0 Å². The summed E-state index contributed by atoms with van der Waals surface area (Å²) in [5.74, 6) is -2.55. The van der Waals surface area contributed by atoms with Crippen LogP contribution in [0.25, 0.3) is 11.1 Å². The molecule has 2 aromatic carbocycles. The first-order chi connectivity index (χ1) is 19.7. The predicted octanol–water partition coefficient (Wildman–Crippen LogP) is 2.77. The van der Waals surface area contributed by atoms with Gasteiger partial charge in [0.15, 0.2) is 0 Å². The van der Waals surface area contributed by atoms with Crippen LogP contribution in [0.5, 0.6) is 0 Å². The Labute approximate surface area is 246 Å². The van der Waals surface area contributed by atoms with Gasteiger partial charge in [0, 0.05) is 5.92 Å². The van der Waals surface area contributed by atoms with E-state index in [-0.39, 0.29) is 12.5 Å². The van der Waals surface area contributed by atoms with E-state index in [1.165, 1.54) is 27.7 Å². The lowest BCUT2D eigenvalue weighted by Gasteiger charge is -2.24. The van der Waals surface area contributed by atoms with Gasteiger partial charge < -0.3 is 30.7 Å². The quantitative estimate of drug-likeness (QED) is 0.316. The van der Waals surface area contributed by atoms with Crippen LogP contribution in [0.3, 0.4) is 0 Å². The number of nitrogens with one attached hydrogen (secondary N) is 4. The highest BCUT2D eigenvalue weighted by Crippen LogP contribution is 2.44. The summed E-state index contributed by atoms with van der Waals surface area (Å²) in [6.45, 7) is 11.1. The van der Waals surface area contributed by atoms with Gasteiger partial charge in [-0.15, -0.1) is 0 Å². The summed E-state index contributed by atoms with van der Waals surface area (Å²) >= 11 is 0. The van der Waals surface area contributed by atoms with Gasteiger partial charge in [0.2, 0.25) is 17.7 Å². The SMILES string of the molecule is C[C@H](NC(=O)OCC1c2ccccc2-c2ccccc21)C(=O)N[C@@H](C)C(=O)N[C@@H](C)C(=O)N[C@@H](C)C(=O)OC(C)(C)C. The molecule has 0 heterocycles. The third kappa shape index (κ3) is 8.31. The zero-order valence-electron chi connectivity index (χ0n) is 25.1. The molecule has 0 spiro atoms. The molecular formula is C31H40N4O7. The van der Waals surface area contributed by atoms with Crippen LogP contribution in [0.4, 0.5) is 4.79 Å². The van der Waals surface area contributed by atoms with E-state index in [1.807, 2.05) is 48.5 Å². The van der Waals surface area contributed by atoms with Gasteiger partial charge in [-0.3, -0.25) is 14.4 Å². The van der Waals surface area contributed by atoms with Crippen molar-refractivity contribution in [1.82, 2.24) is 21.3 Å². The van der Waals surface area contributed by atoms with Gasteiger partial charge in [-0.05, 0) is 70.7 Å². The third-order valence-electron chi connectivity index (χ3n) is 6.69. The van der Waals surface area contributed by atoms with E-state index in [4.69, 9.17) is 9.47 Å². The molecule has 0 saturated carbocycles. The van der Waals surface area contributed by atoms with Gasteiger partial charge in [-0.1, -0.05) is 48.5 Å². The Morgan fingerprint density at radius 3 is 1.52 bits per heavy atom. The van der Waals surface area contributed by atoms with Crippen molar-refractivity contribution in [3.05, 3.63) is 59.7 Å². The van der Waals surface area contributed by atoms with E-state index in [9.17, 15) is 24.0 Å². The second kappa shape index (κ2) is 13.5. The molecule has 226 valence electrons. The second-order valence-corrected chi connectivity index (χ2v) is 11.4. The van der Waals surface area contributed by atoms with Gasteiger partial charge >= 0.3 is 12.1 Å². The van der Waals surface area contributed by atoms with Crippen LogP contribution in [-0.4, -0.2) is 66.2 Å².